The molecule has 18 aromatic rings. The Morgan fingerprint density at radius 1 is 0.180 bits per heavy atom. The van der Waals surface area contributed by atoms with Gasteiger partial charge in [0.25, 0.3) is 0 Å². The Balaban J connectivity index is 0.819. The number of hydrogen-bond acceptors (Lipinski definition) is 4. The second-order valence-corrected chi connectivity index (χ2v) is 27.3. The Morgan fingerprint density at radius 3 is 0.890 bits per heavy atom. The quantitative estimate of drug-likeness (QED) is 0.156. The van der Waals surface area contributed by atoms with Crippen molar-refractivity contribution >= 4 is 54.5 Å². The molecule has 2 spiro atoms. The first-order valence-corrected chi connectivity index (χ1v) is 34.6. The van der Waals surface area contributed by atoms with Crippen molar-refractivity contribution in [1.82, 2.24) is 19.9 Å². The van der Waals surface area contributed by atoms with Crippen molar-refractivity contribution in [3.8, 4) is 112 Å². The van der Waals surface area contributed by atoms with Crippen LogP contribution in [0.25, 0.3) is 166 Å². The first kappa shape index (κ1) is 55.1. The maximum Gasteiger partial charge on any atom is 0.160 e. The molecule has 4 heteroatoms. The van der Waals surface area contributed by atoms with E-state index in [1.165, 1.54) is 89.0 Å². The fraction of sp³-hybridized carbons (Fsp3) is 0.0208. The first-order valence-electron chi connectivity index (χ1n) is 34.6. The fourth-order valence-corrected chi connectivity index (χ4v) is 18.4. The minimum absolute atomic E-state index is 0.532. The average molecular weight is 1270 g/mol. The summed E-state index contributed by atoms with van der Waals surface area (Å²) in [5.74, 6) is 0.641. The van der Waals surface area contributed by atoms with Gasteiger partial charge in [-0.15, -0.1) is 0 Å². The van der Waals surface area contributed by atoms with Gasteiger partial charge in [-0.25, -0.2) is 19.9 Å². The van der Waals surface area contributed by atoms with Gasteiger partial charge in [0.15, 0.2) is 5.82 Å². The van der Waals surface area contributed by atoms with Gasteiger partial charge in [0.1, 0.15) is 0 Å². The summed E-state index contributed by atoms with van der Waals surface area (Å²) in [6, 6.07) is 126. The molecule has 0 aliphatic heterocycles. The van der Waals surface area contributed by atoms with E-state index in [2.05, 4.69) is 340 Å². The van der Waals surface area contributed by atoms with Gasteiger partial charge < -0.3 is 0 Å². The molecule has 460 valence electrons. The van der Waals surface area contributed by atoms with Crippen LogP contribution < -0.4 is 0 Å². The van der Waals surface area contributed by atoms with Gasteiger partial charge in [-0.05, 0) is 165 Å². The van der Waals surface area contributed by atoms with Crippen molar-refractivity contribution in [3.05, 3.63) is 384 Å². The molecule has 4 aliphatic carbocycles. The number of benzene rings is 15. The molecule has 0 amide bonds. The van der Waals surface area contributed by atoms with Gasteiger partial charge in [-0.3, -0.25) is 0 Å². The summed E-state index contributed by atoms with van der Waals surface area (Å²) >= 11 is 0. The SMILES string of the molecule is c1ccc2c(c1)-c1ccccc1C21c2ccccc2-c2ccc(-c3cc(-c4ccc5c(c4)C4(c6ccccc6-c6ccccc64)c4ccccc4-5)c4nc(-c5ccc(-c6c7ccccc7nc7ccccc67)cc5)nc(-c5ccc(-c6c7ccccc7nc7ccccc67)cc5)c4c3)cc21. The molecule has 0 saturated heterocycles. The summed E-state index contributed by atoms with van der Waals surface area (Å²) in [6.45, 7) is 0. The lowest BCUT2D eigenvalue weighted by Gasteiger charge is -2.31. The summed E-state index contributed by atoms with van der Waals surface area (Å²) in [7, 11) is 0. The number of para-hydroxylation sites is 4. The van der Waals surface area contributed by atoms with E-state index in [4.69, 9.17) is 19.9 Å². The molecule has 0 N–H and O–H groups in total. The molecule has 0 atom stereocenters. The van der Waals surface area contributed by atoms with E-state index < -0.39 is 10.8 Å². The van der Waals surface area contributed by atoms with Crippen LogP contribution in [0.4, 0.5) is 0 Å². The van der Waals surface area contributed by atoms with Crippen LogP contribution in [-0.4, -0.2) is 19.9 Å². The largest absolute Gasteiger partial charge is 0.248 e. The summed E-state index contributed by atoms with van der Waals surface area (Å²) in [5, 5.41) is 5.41. The third kappa shape index (κ3) is 7.48. The monoisotopic (exact) mass is 1260 g/mol. The van der Waals surface area contributed by atoms with Crippen LogP contribution in [0, 0.1) is 0 Å². The van der Waals surface area contributed by atoms with Crippen molar-refractivity contribution in [2.75, 3.05) is 0 Å². The second kappa shape index (κ2) is 20.8. The van der Waals surface area contributed by atoms with Gasteiger partial charge in [0, 0.05) is 54.7 Å². The van der Waals surface area contributed by atoms with E-state index in [1.807, 2.05) is 0 Å². The van der Waals surface area contributed by atoms with Gasteiger partial charge in [-0.2, -0.15) is 0 Å². The lowest BCUT2D eigenvalue weighted by atomic mass is 9.70. The van der Waals surface area contributed by atoms with Crippen molar-refractivity contribution in [2.45, 2.75) is 10.8 Å². The van der Waals surface area contributed by atoms with Crippen LogP contribution in [0.1, 0.15) is 44.5 Å². The standard InChI is InChI=1S/C96H56N4/c1-11-31-78-64(21-1)65-22-2-12-32-79(65)95(78)82-35-15-5-25-68(82)70-51-49-61(55-84(70)95)63-53-76(62-50-52-71-69-26-6-16-36-83(69)96(85(71)56-62)80-33-13-3-23-66(80)67-24-4-14-34-81(67)96)93-77(54-63)92(59-45-41-57(42-46-59)90-72-27-7-17-37-86(72)97-87-38-18-8-28-73(87)90)99-94(100-93)60-47-43-58(44-48-60)91-74-29-9-19-39-88(74)98-89-40-20-10-30-75(89)91/h1-56H. The Kier molecular flexibility index (Phi) is 11.4. The fourth-order valence-electron chi connectivity index (χ4n) is 18.4. The highest BCUT2D eigenvalue weighted by molar-refractivity contribution is 6.12. The van der Waals surface area contributed by atoms with Crippen molar-refractivity contribution in [2.24, 2.45) is 0 Å². The van der Waals surface area contributed by atoms with Crippen molar-refractivity contribution in [3.63, 3.8) is 0 Å². The minimum Gasteiger partial charge on any atom is -0.248 e. The van der Waals surface area contributed by atoms with Gasteiger partial charge in [0.2, 0.25) is 0 Å². The number of aromatic nitrogens is 4. The normalized spacial score (nSPS) is 13.6. The van der Waals surface area contributed by atoms with E-state index in [9.17, 15) is 0 Å². The predicted octanol–water partition coefficient (Wildman–Crippen LogP) is 23.7. The molecule has 0 bridgehead atoms. The Labute approximate surface area is 577 Å². The third-order valence-electron chi connectivity index (χ3n) is 22.5. The smallest absolute Gasteiger partial charge is 0.160 e. The van der Waals surface area contributed by atoms with E-state index >= 15 is 0 Å². The number of nitrogens with zero attached hydrogens (tertiary/aromatic N) is 4. The molecule has 0 saturated carbocycles. The molecule has 0 fully saturated rings. The lowest BCUT2D eigenvalue weighted by molar-refractivity contribution is 0.794. The lowest BCUT2D eigenvalue weighted by Crippen LogP contribution is -2.25. The van der Waals surface area contributed by atoms with E-state index in [0.717, 1.165) is 116 Å². The summed E-state index contributed by atoms with van der Waals surface area (Å²) in [4.78, 5) is 22.1. The van der Waals surface area contributed by atoms with Crippen LogP contribution in [0.2, 0.25) is 0 Å². The molecule has 3 aromatic heterocycles. The third-order valence-corrected chi connectivity index (χ3v) is 22.5. The molecule has 15 aromatic carbocycles. The van der Waals surface area contributed by atoms with Crippen molar-refractivity contribution in [1.29, 1.82) is 0 Å². The Hall–Kier alpha value is -13.0. The summed E-state index contributed by atoms with van der Waals surface area (Å²) < 4.78 is 0. The predicted molar refractivity (Wildman–Crippen MR) is 410 cm³/mol. The van der Waals surface area contributed by atoms with Crippen LogP contribution in [0.5, 0.6) is 0 Å². The molecule has 0 radical (unpaired) electrons. The van der Waals surface area contributed by atoms with Crippen LogP contribution in [0.3, 0.4) is 0 Å². The summed E-state index contributed by atoms with van der Waals surface area (Å²) in [6.07, 6.45) is 0. The van der Waals surface area contributed by atoms with E-state index in [1.54, 1.807) is 0 Å². The molecule has 4 aliphatic rings. The van der Waals surface area contributed by atoms with E-state index in [0.29, 0.717) is 5.82 Å². The molecule has 22 rings (SSSR count). The van der Waals surface area contributed by atoms with Crippen LogP contribution >= 0.6 is 0 Å². The first-order chi connectivity index (χ1) is 49.6. The zero-order valence-electron chi connectivity index (χ0n) is 54.1. The van der Waals surface area contributed by atoms with Gasteiger partial charge in [-0.1, -0.05) is 291 Å². The molecular formula is C96H56N4. The van der Waals surface area contributed by atoms with E-state index in [-0.39, 0.29) is 0 Å². The van der Waals surface area contributed by atoms with Gasteiger partial charge >= 0.3 is 0 Å². The zero-order chi connectivity index (χ0) is 65.4. The minimum atomic E-state index is -0.564. The Bertz CT molecular complexity index is 6360. The molecule has 4 nitrogen and oxygen atoms in total. The number of pyridine rings is 2. The number of hydrogen-bond donors (Lipinski definition) is 0. The maximum absolute atomic E-state index is 5.94. The second-order valence-electron chi connectivity index (χ2n) is 27.3. The topological polar surface area (TPSA) is 51.6 Å². The van der Waals surface area contributed by atoms with Crippen LogP contribution in [0.15, 0.2) is 340 Å². The summed E-state index contributed by atoms with van der Waals surface area (Å²) in [5.41, 5.74) is 35.8. The van der Waals surface area contributed by atoms with Gasteiger partial charge in [0.05, 0.1) is 44.1 Å². The number of rotatable bonds is 6. The molecule has 0 unspecified atom stereocenters. The van der Waals surface area contributed by atoms with Crippen LogP contribution in [-0.2, 0) is 10.8 Å². The molecule has 3 heterocycles. The molecular weight excluding hydrogens is 1210 g/mol. The highest BCUT2D eigenvalue weighted by Crippen LogP contribution is 2.65. The highest BCUT2D eigenvalue weighted by atomic mass is 14.9. The average Bonchev–Trinajstić information content (AvgIpc) is 1.51. The molecule has 100 heavy (non-hydrogen) atoms. The maximum atomic E-state index is 5.94. The van der Waals surface area contributed by atoms with Crippen molar-refractivity contribution < 1.29 is 0 Å². The number of fused-ring (bicyclic) bond motifs is 25. The Morgan fingerprint density at radius 2 is 0.490 bits per heavy atom. The highest BCUT2D eigenvalue weighted by Gasteiger charge is 2.53. The zero-order valence-corrected chi connectivity index (χ0v) is 54.1.